The minimum Gasteiger partial charge on any atom is -0.143 e. The van der Waals surface area contributed by atoms with Crippen LogP contribution in [0.25, 0.3) is 10.4 Å². The molecule has 1 aromatic carbocycles. The van der Waals surface area contributed by atoms with Crippen LogP contribution in [0, 0.1) is 0 Å². The van der Waals surface area contributed by atoms with E-state index in [4.69, 9.17) is 12.2 Å². The quantitative estimate of drug-likeness (QED) is 0.671. The van der Waals surface area contributed by atoms with Crippen LogP contribution in [0.1, 0.15) is 5.56 Å². The summed E-state index contributed by atoms with van der Waals surface area (Å²) >= 11 is 6.67. The van der Waals surface area contributed by atoms with Gasteiger partial charge in [0.2, 0.25) is 0 Å². The monoisotopic (exact) mass is 204 g/mol. The Bertz CT molecular complexity index is 401. The van der Waals surface area contributed by atoms with Crippen molar-refractivity contribution in [2.24, 2.45) is 0 Å². The van der Waals surface area contributed by atoms with Crippen LogP contribution in [-0.4, -0.2) is 5.37 Å². The van der Waals surface area contributed by atoms with Gasteiger partial charge in [-0.15, -0.1) is 11.3 Å². The molecule has 2 heteroatoms. The van der Waals surface area contributed by atoms with Gasteiger partial charge in [0.15, 0.2) is 0 Å². The summed E-state index contributed by atoms with van der Waals surface area (Å²) in [5.74, 6) is 0. The van der Waals surface area contributed by atoms with E-state index in [0.29, 0.717) is 0 Å². The summed E-state index contributed by atoms with van der Waals surface area (Å²) in [6.45, 7) is 0. The van der Waals surface area contributed by atoms with Gasteiger partial charge in [0, 0.05) is 15.8 Å². The molecule has 13 heavy (non-hydrogen) atoms. The summed E-state index contributed by atoms with van der Waals surface area (Å²) in [6.07, 6.45) is 0. The molecule has 1 heterocycles. The number of benzene rings is 1. The lowest BCUT2D eigenvalue weighted by Gasteiger charge is -1.97. The molecule has 0 bridgehead atoms. The van der Waals surface area contributed by atoms with Crippen molar-refractivity contribution in [1.29, 1.82) is 0 Å². The average molecular weight is 204 g/mol. The Balaban J connectivity index is 2.52. The van der Waals surface area contributed by atoms with Gasteiger partial charge in [0.05, 0.1) is 0 Å². The van der Waals surface area contributed by atoms with Crippen molar-refractivity contribution in [2.75, 3.05) is 0 Å². The maximum atomic E-state index is 4.94. The highest BCUT2D eigenvalue weighted by molar-refractivity contribution is 7.79. The molecule has 0 aliphatic rings. The maximum Gasteiger partial charge on any atom is 0.0423 e. The summed E-state index contributed by atoms with van der Waals surface area (Å²) in [4.78, 5) is 1.26. The molecular formula is C11H8S2. The first-order valence-electron chi connectivity index (χ1n) is 4.00. The standard InChI is InChI=1S/C11H8S2/c12-8-10-6-7-13-11(10)9-4-2-1-3-5-9/h1-8H. The first-order chi connectivity index (χ1) is 6.42. The van der Waals surface area contributed by atoms with Crippen molar-refractivity contribution >= 4 is 28.9 Å². The van der Waals surface area contributed by atoms with Crippen molar-refractivity contribution in [3.8, 4) is 10.4 Å². The highest BCUT2D eigenvalue weighted by atomic mass is 32.1. The average Bonchev–Trinajstić information content (AvgIpc) is 2.67. The Morgan fingerprint density at radius 1 is 1.08 bits per heavy atom. The van der Waals surface area contributed by atoms with Crippen molar-refractivity contribution < 1.29 is 0 Å². The highest BCUT2D eigenvalue weighted by Crippen LogP contribution is 2.28. The molecule has 0 aliphatic heterocycles. The molecular weight excluding hydrogens is 196 g/mol. The third kappa shape index (κ3) is 1.69. The molecule has 64 valence electrons. The Hall–Kier alpha value is -0.990. The number of hydrogen-bond donors (Lipinski definition) is 0. The molecule has 2 rings (SSSR count). The number of rotatable bonds is 2. The number of thiocarbonyl (C=S) groups is 1. The zero-order valence-electron chi connectivity index (χ0n) is 6.94. The van der Waals surface area contributed by atoms with Crippen molar-refractivity contribution in [3.05, 3.63) is 47.3 Å². The van der Waals surface area contributed by atoms with E-state index >= 15 is 0 Å². The summed E-state index contributed by atoms with van der Waals surface area (Å²) in [6, 6.07) is 12.4. The van der Waals surface area contributed by atoms with Gasteiger partial charge >= 0.3 is 0 Å². The van der Waals surface area contributed by atoms with Gasteiger partial charge in [-0.3, -0.25) is 0 Å². The lowest BCUT2D eigenvalue weighted by molar-refractivity contribution is 1.69. The van der Waals surface area contributed by atoms with E-state index in [2.05, 4.69) is 23.6 Å². The fourth-order valence-corrected chi connectivity index (χ4v) is 2.39. The first kappa shape index (κ1) is 8.60. The van der Waals surface area contributed by atoms with E-state index in [1.54, 1.807) is 16.7 Å². The molecule has 0 spiro atoms. The van der Waals surface area contributed by atoms with Crippen LogP contribution < -0.4 is 0 Å². The minimum atomic E-state index is 1.14. The lowest BCUT2D eigenvalue weighted by atomic mass is 10.1. The molecule has 1 aromatic heterocycles. The second-order valence-corrected chi connectivity index (χ2v) is 3.84. The predicted octanol–water partition coefficient (Wildman–Crippen LogP) is 3.76. The van der Waals surface area contributed by atoms with Gasteiger partial charge in [-0.2, -0.15) is 0 Å². The van der Waals surface area contributed by atoms with Crippen LogP contribution in [-0.2, 0) is 0 Å². The molecule has 0 radical (unpaired) electrons. The third-order valence-electron chi connectivity index (χ3n) is 1.86. The molecule has 0 N–H and O–H groups in total. The topological polar surface area (TPSA) is 0 Å². The van der Waals surface area contributed by atoms with E-state index in [1.165, 1.54) is 10.4 Å². The Labute approximate surface area is 86.9 Å². The zero-order valence-corrected chi connectivity index (χ0v) is 8.57. The SMILES string of the molecule is S=Cc1ccsc1-c1ccccc1. The largest absolute Gasteiger partial charge is 0.143 e. The van der Waals surface area contributed by atoms with Gasteiger partial charge in [0.1, 0.15) is 0 Å². The number of hydrogen-bond acceptors (Lipinski definition) is 2. The normalized spacial score (nSPS) is 9.85. The van der Waals surface area contributed by atoms with E-state index in [-0.39, 0.29) is 0 Å². The second-order valence-electron chi connectivity index (χ2n) is 2.69. The van der Waals surface area contributed by atoms with Gasteiger partial charge in [-0.1, -0.05) is 42.5 Å². The third-order valence-corrected chi connectivity index (χ3v) is 3.09. The van der Waals surface area contributed by atoms with E-state index < -0.39 is 0 Å². The van der Waals surface area contributed by atoms with Crippen molar-refractivity contribution in [3.63, 3.8) is 0 Å². The van der Waals surface area contributed by atoms with Gasteiger partial charge in [0.25, 0.3) is 0 Å². The highest BCUT2D eigenvalue weighted by Gasteiger charge is 2.02. The molecule has 0 unspecified atom stereocenters. The molecule has 0 amide bonds. The summed E-state index contributed by atoms with van der Waals surface area (Å²) < 4.78 is 0. The van der Waals surface area contributed by atoms with Crippen LogP contribution in [0.4, 0.5) is 0 Å². The summed E-state index contributed by atoms with van der Waals surface area (Å²) in [5.41, 5.74) is 2.39. The van der Waals surface area contributed by atoms with Crippen LogP contribution in [0.15, 0.2) is 41.8 Å². The first-order valence-corrected chi connectivity index (χ1v) is 5.35. The molecule has 0 nitrogen and oxygen atoms in total. The molecule has 0 atom stereocenters. The molecule has 0 aliphatic carbocycles. The predicted molar refractivity (Wildman–Crippen MR) is 62.5 cm³/mol. The Morgan fingerprint density at radius 2 is 1.85 bits per heavy atom. The van der Waals surface area contributed by atoms with Crippen LogP contribution in [0.3, 0.4) is 0 Å². The van der Waals surface area contributed by atoms with Crippen LogP contribution in [0.5, 0.6) is 0 Å². The van der Waals surface area contributed by atoms with E-state index in [0.717, 1.165) is 5.56 Å². The molecule has 0 saturated heterocycles. The molecule has 0 saturated carbocycles. The molecule has 0 fully saturated rings. The van der Waals surface area contributed by atoms with Gasteiger partial charge < -0.3 is 0 Å². The second kappa shape index (κ2) is 3.81. The van der Waals surface area contributed by atoms with Crippen molar-refractivity contribution in [2.45, 2.75) is 0 Å². The van der Waals surface area contributed by atoms with E-state index in [1.807, 2.05) is 18.2 Å². The van der Waals surface area contributed by atoms with Crippen LogP contribution in [0.2, 0.25) is 0 Å². The number of thiophene rings is 1. The zero-order chi connectivity index (χ0) is 9.10. The fraction of sp³-hybridized carbons (Fsp3) is 0. The Morgan fingerprint density at radius 3 is 2.54 bits per heavy atom. The summed E-state index contributed by atoms with van der Waals surface area (Å²) in [5, 5.41) is 3.80. The van der Waals surface area contributed by atoms with Gasteiger partial charge in [-0.25, -0.2) is 0 Å². The van der Waals surface area contributed by atoms with Crippen LogP contribution >= 0.6 is 23.6 Å². The fourth-order valence-electron chi connectivity index (χ4n) is 1.24. The minimum absolute atomic E-state index is 1.14. The van der Waals surface area contributed by atoms with Crippen molar-refractivity contribution in [1.82, 2.24) is 0 Å². The smallest absolute Gasteiger partial charge is 0.0423 e. The Kier molecular flexibility index (Phi) is 2.52. The summed E-state index contributed by atoms with van der Waals surface area (Å²) in [7, 11) is 0. The van der Waals surface area contributed by atoms with Gasteiger partial charge in [-0.05, 0) is 17.0 Å². The molecule has 2 aromatic rings. The maximum absolute atomic E-state index is 4.94. The van der Waals surface area contributed by atoms with E-state index in [9.17, 15) is 0 Å². The lowest BCUT2D eigenvalue weighted by Crippen LogP contribution is -1.77.